The maximum Gasteiger partial charge on any atom is 0.0547 e. The predicted octanol–water partition coefficient (Wildman–Crippen LogP) is 6.07. The Kier molecular flexibility index (Phi) is 4.52. The van der Waals surface area contributed by atoms with Crippen LogP contribution in [0.4, 0.5) is 5.69 Å². The Labute approximate surface area is 134 Å². The summed E-state index contributed by atoms with van der Waals surface area (Å²) < 4.78 is 0. The minimum Gasteiger partial charge on any atom is -0.378 e. The first kappa shape index (κ1) is 15.1. The molecule has 2 aromatic rings. The first-order valence-corrected chi connectivity index (χ1v) is 8.62. The van der Waals surface area contributed by atoms with E-state index in [4.69, 9.17) is 0 Å². The molecule has 3 atom stereocenters. The second-order valence-corrected chi connectivity index (χ2v) is 6.72. The van der Waals surface area contributed by atoms with Gasteiger partial charge in [0.15, 0.2) is 0 Å². The summed E-state index contributed by atoms with van der Waals surface area (Å²) in [5, 5.41) is 3.83. The fraction of sp³-hybridized carbons (Fsp3) is 0.429. The third-order valence-electron chi connectivity index (χ3n) is 5.13. The van der Waals surface area contributed by atoms with Crippen LogP contribution in [0, 0.1) is 12.8 Å². The first-order valence-electron chi connectivity index (χ1n) is 8.62. The molecule has 1 N–H and O–H groups in total. The summed E-state index contributed by atoms with van der Waals surface area (Å²) in [6, 6.07) is 18.2. The molecule has 1 aliphatic rings. The SMILES string of the molecule is CCCCC1C(C)c2cc(C)ccc2NC1c1ccccc1. The Bertz CT molecular complexity index is 617. The van der Waals surface area contributed by atoms with E-state index in [1.807, 2.05) is 0 Å². The van der Waals surface area contributed by atoms with Gasteiger partial charge in [-0.05, 0) is 42.4 Å². The molecule has 0 saturated carbocycles. The Morgan fingerprint density at radius 3 is 2.55 bits per heavy atom. The van der Waals surface area contributed by atoms with E-state index in [2.05, 4.69) is 74.6 Å². The first-order chi connectivity index (χ1) is 10.7. The minimum absolute atomic E-state index is 0.429. The molecule has 1 heteroatoms. The molecular weight excluding hydrogens is 266 g/mol. The molecule has 0 amide bonds. The number of aryl methyl sites for hydroxylation is 1. The van der Waals surface area contributed by atoms with Crippen molar-refractivity contribution in [3.05, 3.63) is 65.2 Å². The highest BCUT2D eigenvalue weighted by atomic mass is 14.9. The summed E-state index contributed by atoms with van der Waals surface area (Å²) in [6.45, 7) is 6.89. The van der Waals surface area contributed by atoms with Crippen molar-refractivity contribution in [2.24, 2.45) is 5.92 Å². The van der Waals surface area contributed by atoms with Crippen molar-refractivity contribution >= 4 is 5.69 Å². The van der Waals surface area contributed by atoms with E-state index in [-0.39, 0.29) is 0 Å². The Hall–Kier alpha value is -1.76. The van der Waals surface area contributed by atoms with Gasteiger partial charge in [0.1, 0.15) is 0 Å². The van der Waals surface area contributed by atoms with Gasteiger partial charge in [-0.15, -0.1) is 0 Å². The number of fused-ring (bicyclic) bond motifs is 1. The van der Waals surface area contributed by atoms with Crippen molar-refractivity contribution in [1.29, 1.82) is 0 Å². The number of rotatable bonds is 4. The highest BCUT2D eigenvalue weighted by Crippen LogP contribution is 2.46. The van der Waals surface area contributed by atoms with Crippen molar-refractivity contribution < 1.29 is 0 Å². The van der Waals surface area contributed by atoms with Crippen molar-refractivity contribution in [1.82, 2.24) is 0 Å². The zero-order chi connectivity index (χ0) is 15.5. The molecule has 22 heavy (non-hydrogen) atoms. The van der Waals surface area contributed by atoms with Crippen LogP contribution in [0.3, 0.4) is 0 Å². The van der Waals surface area contributed by atoms with Crippen LogP contribution >= 0.6 is 0 Å². The van der Waals surface area contributed by atoms with Crippen LogP contribution in [0.1, 0.15) is 61.8 Å². The lowest BCUT2D eigenvalue weighted by Crippen LogP contribution is -2.30. The van der Waals surface area contributed by atoms with Crippen molar-refractivity contribution in [2.45, 2.75) is 52.0 Å². The second-order valence-electron chi connectivity index (χ2n) is 6.72. The van der Waals surface area contributed by atoms with E-state index in [1.54, 1.807) is 0 Å². The van der Waals surface area contributed by atoms with Crippen LogP contribution in [-0.4, -0.2) is 0 Å². The van der Waals surface area contributed by atoms with Crippen LogP contribution in [-0.2, 0) is 0 Å². The minimum atomic E-state index is 0.429. The van der Waals surface area contributed by atoms with Crippen LogP contribution < -0.4 is 5.32 Å². The lowest BCUT2D eigenvalue weighted by Gasteiger charge is -2.40. The molecule has 3 unspecified atom stereocenters. The summed E-state index contributed by atoms with van der Waals surface area (Å²) in [5.74, 6) is 1.27. The average Bonchev–Trinajstić information content (AvgIpc) is 2.55. The van der Waals surface area contributed by atoms with Crippen molar-refractivity contribution in [3.8, 4) is 0 Å². The van der Waals surface area contributed by atoms with Gasteiger partial charge in [-0.2, -0.15) is 0 Å². The molecule has 0 bridgehead atoms. The maximum absolute atomic E-state index is 3.83. The van der Waals surface area contributed by atoms with Crippen LogP contribution in [0.15, 0.2) is 48.5 Å². The molecule has 1 nitrogen and oxygen atoms in total. The standard InChI is InChI=1S/C21H27N/c1-4-5-11-18-16(3)19-14-15(2)12-13-20(19)22-21(18)17-9-7-6-8-10-17/h6-10,12-14,16,18,21-22H,4-5,11H2,1-3H3. The van der Waals surface area contributed by atoms with Gasteiger partial charge in [-0.1, -0.05) is 74.7 Å². The van der Waals surface area contributed by atoms with Crippen LogP contribution in [0.5, 0.6) is 0 Å². The lowest BCUT2D eigenvalue weighted by atomic mass is 9.73. The number of nitrogens with one attached hydrogen (secondary N) is 1. The molecule has 1 heterocycles. The normalized spacial score (nSPS) is 23.7. The van der Waals surface area contributed by atoms with Gasteiger partial charge >= 0.3 is 0 Å². The number of benzene rings is 2. The third-order valence-corrected chi connectivity index (χ3v) is 5.13. The van der Waals surface area contributed by atoms with E-state index < -0.39 is 0 Å². The summed E-state index contributed by atoms with van der Waals surface area (Å²) in [4.78, 5) is 0. The molecule has 0 aliphatic carbocycles. The summed E-state index contributed by atoms with van der Waals surface area (Å²) in [6.07, 6.45) is 3.87. The number of unbranched alkanes of at least 4 members (excludes halogenated alkanes) is 1. The highest BCUT2D eigenvalue weighted by Gasteiger charge is 2.34. The third kappa shape index (κ3) is 2.90. The zero-order valence-corrected chi connectivity index (χ0v) is 14.0. The van der Waals surface area contributed by atoms with E-state index >= 15 is 0 Å². The van der Waals surface area contributed by atoms with Crippen molar-refractivity contribution in [2.75, 3.05) is 5.32 Å². The molecule has 0 fully saturated rings. The number of anilines is 1. The Morgan fingerprint density at radius 2 is 1.82 bits per heavy atom. The summed E-state index contributed by atoms with van der Waals surface area (Å²) >= 11 is 0. The monoisotopic (exact) mass is 293 g/mol. The largest absolute Gasteiger partial charge is 0.378 e. The van der Waals surface area contributed by atoms with E-state index in [1.165, 1.54) is 41.6 Å². The fourth-order valence-electron chi connectivity index (χ4n) is 3.83. The molecule has 0 radical (unpaired) electrons. The van der Waals surface area contributed by atoms with Crippen LogP contribution in [0.25, 0.3) is 0 Å². The molecule has 3 rings (SSSR count). The molecule has 1 aliphatic heterocycles. The average molecular weight is 293 g/mol. The maximum atomic E-state index is 3.83. The van der Waals surface area contributed by atoms with Gasteiger partial charge in [-0.25, -0.2) is 0 Å². The Balaban J connectivity index is 1.99. The Morgan fingerprint density at radius 1 is 1.05 bits per heavy atom. The number of hydrogen-bond donors (Lipinski definition) is 1. The molecule has 0 saturated heterocycles. The summed E-state index contributed by atoms with van der Waals surface area (Å²) in [5.41, 5.74) is 5.59. The van der Waals surface area contributed by atoms with Crippen molar-refractivity contribution in [3.63, 3.8) is 0 Å². The van der Waals surface area contributed by atoms with E-state index in [9.17, 15) is 0 Å². The smallest absolute Gasteiger partial charge is 0.0547 e. The topological polar surface area (TPSA) is 12.0 Å². The van der Waals surface area contributed by atoms with Gasteiger partial charge in [0.05, 0.1) is 6.04 Å². The predicted molar refractivity (Wildman–Crippen MR) is 95.4 cm³/mol. The highest BCUT2D eigenvalue weighted by molar-refractivity contribution is 5.58. The molecule has 116 valence electrons. The molecule has 0 spiro atoms. The van der Waals surface area contributed by atoms with Gasteiger partial charge in [0, 0.05) is 5.69 Å². The van der Waals surface area contributed by atoms with E-state index in [0.717, 1.165) is 0 Å². The molecule has 0 aromatic heterocycles. The number of hydrogen-bond acceptors (Lipinski definition) is 1. The lowest BCUT2D eigenvalue weighted by molar-refractivity contribution is 0.341. The summed E-state index contributed by atoms with van der Waals surface area (Å²) in [7, 11) is 0. The van der Waals surface area contributed by atoms with E-state index in [0.29, 0.717) is 17.9 Å². The second kappa shape index (κ2) is 6.56. The quantitative estimate of drug-likeness (QED) is 0.721. The zero-order valence-electron chi connectivity index (χ0n) is 14.0. The molecular formula is C21H27N. The van der Waals surface area contributed by atoms with Gasteiger partial charge in [0.25, 0.3) is 0 Å². The van der Waals surface area contributed by atoms with Gasteiger partial charge in [0.2, 0.25) is 0 Å². The van der Waals surface area contributed by atoms with Gasteiger partial charge < -0.3 is 5.32 Å². The van der Waals surface area contributed by atoms with Gasteiger partial charge in [-0.3, -0.25) is 0 Å². The van der Waals surface area contributed by atoms with Crippen LogP contribution in [0.2, 0.25) is 0 Å². The fourth-order valence-corrected chi connectivity index (χ4v) is 3.83. The molecule has 2 aromatic carbocycles.